The van der Waals surface area contributed by atoms with Gasteiger partial charge in [-0.15, -0.1) is 10.2 Å². The summed E-state index contributed by atoms with van der Waals surface area (Å²) in [5.74, 6) is 2.88. The normalized spacial score (nSPS) is 10.7. The first kappa shape index (κ1) is 24.7. The summed E-state index contributed by atoms with van der Waals surface area (Å²) in [4.78, 5) is 12.4. The molecule has 3 aromatic rings. The highest BCUT2D eigenvalue weighted by Crippen LogP contribution is 2.29. The number of carbonyl (C=O) groups is 1. The molecule has 8 nitrogen and oxygen atoms in total. The van der Waals surface area contributed by atoms with Crippen molar-refractivity contribution in [1.82, 2.24) is 14.8 Å². The number of aryl methyl sites for hydroxylation is 2. The van der Waals surface area contributed by atoms with Crippen molar-refractivity contribution in [3.8, 4) is 17.2 Å². The molecule has 0 fully saturated rings. The Kier molecular flexibility index (Phi) is 8.85. The Morgan fingerprint density at radius 1 is 1.12 bits per heavy atom. The Morgan fingerprint density at radius 3 is 2.67 bits per heavy atom. The Balaban J connectivity index is 1.47. The molecule has 0 radical (unpaired) electrons. The predicted octanol–water partition coefficient (Wildman–Crippen LogP) is 4.54. The van der Waals surface area contributed by atoms with Crippen molar-refractivity contribution in [2.24, 2.45) is 7.05 Å². The number of benzene rings is 2. The van der Waals surface area contributed by atoms with Crippen LogP contribution in [0.15, 0.2) is 41.6 Å². The van der Waals surface area contributed by atoms with E-state index in [-0.39, 0.29) is 11.7 Å². The molecule has 0 bridgehead atoms. The van der Waals surface area contributed by atoms with Crippen LogP contribution in [0.1, 0.15) is 17.8 Å². The second-order valence-corrected chi connectivity index (χ2v) is 8.60. The summed E-state index contributed by atoms with van der Waals surface area (Å²) in [6, 6.07) is 10.8. The van der Waals surface area contributed by atoms with E-state index in [1.807, 2.05) is 36.7 Å². The molecule has 10 heteroatoms. The Labute approximate surface area is 202 Å². The van der Waals surface area contributed by atoms with Crippen molar-refractivity contribution in [3.63, 3.8) is 0 Å². The molecule has 33 heavy (non-hydrogen) atoms. The Hall–Kier alpha value is -2.91. The molecule has 0 saturated heterocycles. The minimum absolute atomic E-state index is 0.167. The quantitative estimate of drug-likeness (QED) is 0.312. The third-order valence-electron chi connectivity index (χ3n) is 4.88. The van der Waals surface area contributed by atoms with Crippen LogP contribution in [0.2, 0.25) is 5.02 Å². The number of nitrogens with zero attached hydrogens (tertiary/aromatic N) is 3. The van der Waals surface area contributed by atoms with Crippen LogP contribution < -0.4 is 19.5 Å². The van der Waals surface area contributed by atoms with Crippen LogP contribution in [-0.2, 0) is 18.3 Å². The molecule has 176 valence electrons. The summed E-state index contributed by atoms with van der Waals surface area (Å²) < 4.78 is 18.2. The molecule has 0 unspecified atom stereocenters. The van der Waals surface area contributed by atoms with E-state index in [9.17, 15) is 4.79 Å². The molecule has 2 aromatic carbocycles. The van der Waals surface area contributed by atoms with Crippen molar-refractivity contribution in [3.05, 3.63) is 52.8 Å². The van der Waals surface area contributed by atoms with E-state index < -0.39 is 0 Å². The average Bonchev–Trinajstić information content (AvgIpc) is 3.16. The first-order valence-corrected chi connectivity index (χ1v) is 11.7. The maximum atomic E-state index is 12.4. The Morgan fingerprint density at radius 2 is 1.94 bits per heavy atom. The van der Waals surface area contributed by atoms with Gasteiger partial charge in [0.1, 0.15) is 23.1 Å². The van der Waals surface area contributed by atoms with E-state index in [4.69, 9.17) is 25.8 Å². The van der Waals surface area contributed by atoms with E-state index in [1.165, 1.54) is 11.8 Å². The summed E-state index contributed by atoms with van der Waals surface area (Å²) in [5, 5.41) is 12.7. The lowest BCUT2D eigenvalue weighted by Crippen LogP contribution is -2.15. The highest BCUT2D eigenvalue weighted by molar-refractivity contribution is 7.99. The van der Waals surface area contributed by atoms with Crippen LogP contribution in [0.4, 0.5) is 5.69 Å². The second-order valence-electron chi connectivity index (χ2n) is 7.22. The summed E-state index contributed by atoms with van der Waals surface area (Å²) in [7, 11) is 5.01. The number of carbonyl (C=O) groups excluding carboxylic acids is 1. The molecular weight excluding hydrogens is 464 g/mol. The predicted molar refractivity (Wildman–Crippen MR) is 130 cm³/mol. The van der Waals surface area contributed by atoms with Gasteiger partial charge in [0.2, 0.25) is 5.91 Å². The minimum Gasteiger partial charge on any atom is -0.497 e. The number of methoxy groups -OCH3 is 2. The van der Waals surface area contributed by atoms with E-state index >= 15 is 0 Å². The fraction of sp³-hybridized carbons (Fsp3) is 0.348. The third kappa shape index (κ3) is 6.79. The number of anilines is 1. The second kappa shape index (κ2) is 11.8. The van der Waals surface area contributed by atoms with Gasteiger partial charge < -0.3 is 24.1 Å². The lowest BCUT2D eigenvalue weighted by molar-refractivity contribution is -0.113. The largest absolute Gasteiger partial charge is 0.497 e. The number of halogens is 1. The number of rotatable bonds is 11. The highest BCUT2D eigenvalue weighted by Gasteiger charge is 2.13. The van der Waals surface area contributed by atoms with Crippen LogP contribution in [0, 0.1) is 6.92 Å². The topological polar surface area (TPSA) is 87.5 Å². The molecule has 0 aliphatic heterocycles. The first-order valence-electron chi connectivity index (χ1n) is 10.3. The molecule has 0 saturated carbocycles. The van der Waals surface area contributed by atoms with Crippen LogP contribution in [0.3, 0.4) is 0 Å². The molecule has 1 heterocycles. The van der Waals surface area contributed by atoms with Gasteiger partial charge in [-0.25, -0.2) is 0 Å². The van der Waals surface area contributed by atoms with E-state index in [0.717, 1.165) is 23.6 Å². The lowest BCUT2D eigenvalue weighted by Gasteiger charge is -2.11. The molecular formula is C23H27ClN4O4S. The third-order valence-corrected chi connectivity index (χ3v) is 6.13. The van der Waals surface area contributed by atoms with Crippen LogP contribution in [-0.4, -0.2) is 47.3 Å². The van der Waals surface area contributed by atoms with Crippen molar-refractivity contribution >= 4 is 35.0 Å². The van der Waals surface area contributed by atoms with Crippen LogP contribution in [0.25, 0.3) is 0 Å². The molecule has 1 amide bonds. The van der Waals surface area contributed by atoms with Crippen LogP contribution in [0.5, 0.6) is 17.2 Å². The Bertz CT molecular complexity index is 1110. The summed E-state index contributed by atoms with van der Waals surface area (Å²) >= 11 is 7.30. The summed E-state index contributed by atoms with van der Waals surface area (Å²) in [6.07, 6.45) is 1.50. The smallest absolute Gasteiger partial charge is 0.234 e. The molecule has 1 N–H and O–H groups in total. The maximum absolute atomic E-state index is 12.4. The van der Waals surface area contributed by atoms with Crippen molar-refractivity contribution in [1.29, 1.82) is 0 Å². The van der Waals surface area contributed by atoms with Crippen molar-refractivity contribution in [2.75, 3.05) is 31.9 Å². The maximum Gasteiger partial charge on any atom is 0.234 e. The standard InChI is InChI=1S/C23H27ClN4O4S/c1-15-12-16(24)7-10-19(15)32-11-5-6-21-26-27-23(28(21)2)33-14-22(29)25-18-9-8-17(30-3)13-20(18)31-4/h7-10,12-13H,5-6,11,14H2,1-4H3,(H,25,29). The van der Waals surface area contributed by atoms with Crippen molar-refractivity contribution in [2.45, 2.75) is 24.9 Å². The number of ether oxygens (including phenoxy) is 3. The highest BCUT2D eigenvalue weighted by atomic mass is 35.5. The zero-order valence-corrected chi connectivity index (χ0v) is 20.6. The summed E-state index contributed by atoms with van der Waals surface area (Å²) in [5.41, 5.74) is 1.59. The molecule has 0 aliphatic rings. The van der Waals surface area contributed by atoms with E-state index in [1.54, 1.807) is 32.4 Å². The zero-order chi connectivity index (χ0) is 23.8. The number of hydrogen-bond donors (Lipinski definition) is 1. The minimum atomic E-state index is -0.167. The number of aromatic nitrogens is 3. The van der Waals surface area contributed by atoms with Crippen LogP contribution >= 0.6 is 23.4 Å². The fourth-order valence-electron chi connectivity index (χ4n) is 3.09. The van der Waals surface area contributed by atoms with Gasteiger partial charge in [0, 0.05) is 24.6 Å². The number of nitrogens with one attached hydrogen (secondary N) is 1. The van der Waals surface area contributed by atoms with E-state index in [0.29, 0.717) is 40.4 Å². The fourth-order valence-corrected chi connectivity index (χ4v) is 4.05. The van der Waals surface area contributed by atoms with Gasteiger partial charge in [0.25, 0.3) is 0 Å². The number of amides is 1. The van der Waals surface area contributed by atoms with Gasteiger partial charge in [-0.3, -0.25) is 4.79 Å². The first-order chi connectivity index (χ1) is 15.9. The van der Waals surface area contributed by atoms with E-state index in [2.05, 4.69) is 15.5 Å². The van der Waals surface area contributed by atoms with Gasteiger partial charge in [-0.2, -0.15) is 0 Å². The molecule has 1 aromatic heterocycles. The number of hydrogen-bond acceptors (Lipinski definition) is 7. The average molecular weight is 491 g/mol. The molecule has 0 aliphatic carbocycles. The lowest BCUT2D eigenvalue weighted by atomic mass is 10.2. The van der Waals surface area contributed by atoms with Gasteiger partial charge in [-0.05, 0) is 49.2 Å². The SMILES string of the molecule is COc1ccc(NC(=O)CSc2nnc(CCCOc3ccc(Cl)cc3C)n2C)c(OC)c1. The zero-order valence-electron chi connectivity index (χ0n) is 19.1. The van der Waals surface area contributed by atoms with Gasteiger partial charge in [0.05, 0.1) is 32.3 Å². The number of thioether (sulfide) groups is 1. The van der Waals surface area contributed by atoms with Crippen molar-refractivity contribution < 1.29 is 19.0 Å². The molecule has 0 spiro atoms. The summed E-state index contributed by atoms with van der Waals surface area (Å²) in [6.45, 7) is 2.53. The molecule has 0 atom stereocenters. The van der Waals surface area contributed by atoms with Gasteiger partial charge >= 0.3 is 0 Å². The van der Waals surface area contributed by atoms with Gasteiger partial charge in [0.15, 0.2) is 5.16 Å². The molecule has 3 rings (SSSR count). The monoisotopic (exact) mass is 490 g/mol. The van der Waals surface area contributed by atoms with Gasteiger partial charge in [-0.1, -0.05) is 23.4 Å².